The zero-order chi connectivity index (χ0) is 18.8. The summed E-state index contributed by atoms with van der Waals surface area (Å²) in [6.45, 7) is 5.02. The SMILES string of the molecule is CCCCNC(=O)c1ccc2c(c1)C1C=CCC1C(c1cccc(C)c1)N2. The van der Waals surface area contributed by atoms with Gasteiger partial charge in [-0.15, -0.1) is 0 Å². The molecule has 27 heavy (non-hydrogen) atoms. The molecule has 1 heterocycles. The average molecular weight is 361 g/mol. The van der Waals surface area contributed by atoms with Crippen LogP contribution in [0.4, 0.5) is 5.69 Å². The van der Waals surface area contributed by atoms with Crippen molar-refractivity contribution in [2.45, 2.75) is 45.1 Å². The van der Waals surface area contributed by atoms with Gasteiger partial charge in [0.25, 0.3) is 5.91 Å². The Morgan fingerprint density at radius 1 is 1.22 bits per heavy atom. The standard InChI is InChI=1S/C24H28N2O/c1-3-4-13-25-24(27)18-11-12-22-21(15-18)19-9-6-10-20(19)23(26-22)17-8-5-7-16(2)14-17/h5-9,11-12,14-15,19-20,23,26H,3-4,10,13H2,1-2H3,(H,25,27). The molecular weight excluding hydrogens is 332 g/mol. The second-order valence-corrected chi connectivity index (χ2v) is 7.80. The summed E-state index contributed by atoms with van der Waals surface area (Å²) in [5.74, 6) is 0.901. The van der Waals surface area contributed by atoms with Gasteiger partial charge < -0.3 is 10.6 Å². The van der Waals surface area contributed by atoms with Crippen molar-refractivity contribution in [1.29, 1.82) is 0 Å². The van der Waals surface area contributed by atoms with Crippen LogP contribution in [0.2, 0.25) is 0 Å². The molecule has 0 saturated carbocycles. The topological polar surface area (TPSA) is 41.1 Å². The first kappa shape index (κ1) is 17.8. The molecule has 4 rings (SSSR count). The van der Waals surface area contributed by atoms with Gasteiger partial charge in [0, 0.05) is 23.7 Å². The maximum atomic E-state index is 12.5. The number of anilines is 1. The molecule has 2 aromatic rings. The maximum Gasteiger partial charge on any atom is 0.251 e. The Morgan fingerprint density at radius 2 is 2.11 bits per heavy atom. The number of allylic oxidation sites excluding steroid dienone is 2. The quantitative estimate of drug-likeness (QED) is 0.557. The van der Waals surface area contributed by atoms with E-state index in [1.54, 1.807) is 0 Å². The molecule has 1 aliphatic carbocycles. The fraction of sp³-hybridized carbons (Fsp3) is 0.375. The summed E-state index contributed by atoms with van der Waals surface area (Å²) in [6, 6.07) is 15.2. The van der Waals surface area contributed by atoms with E-state index < -0.39 is 0 Å². The number of amides is 1. The lowest BCUT2D eigenvalue weighted by Crippen LogP contribution is -2.30. The Kier molecular flexibility index (Phi) is 5.02. The first-order chi connectivity index (χ1) is 13.2. The van der Waals surface area contributed by atoms with Crippen molar-refractivity contribution in [1.82, 2.24) is 5.32 Å². The molecule has 0 radical (unpaired) electrons. The summed E-state index contributed by atoms with van der Waals surface area (Å²) in [5.41, 5.74) is 5.81. The number of unbranched alkanes of at least 4 members (excludes halogenated alkanes) is 1. The van der Waals surface area contributed by atoms with Crippen LogP contribution in [-0.4, -0.2) is 12.5 Å². The van der Waals surface area contributed by atoms with E-state index in [-0.39, 0.29) is 5.91 Å². The lowest BCUT2D eigenvalue weighted by Gasteiger charge is -2.37. The second-order valence-electron chi connectivity index (χ2n) is 7.80. The van der Waals surface area contributed by atoms with Gasteiger partial charge in [-0.25, -0.2) is 0 Å². The normalized spacial score (nSPS) is 22.7. The van der Waals surface area contributed by atoms with Crippen LogP contribution in [0.5, 0.6) is 0 Å². The summed E-state index contributed by atoms with van der Waals surface area (Å²) in [7, 11) is 0. The molecular formula is C24H28N2O. The number of carbonyl (C=O) groups is 1. The number of hydrogen-bond acceptors (Lipinski definition) is 2. The third-order valence-electron chi connectivity index (χ3n) is 5.84. The van der Waals surface area contributed by atoms with Gasteiger partial charge in [0.1, 0.15) is 0 Å². The van der Waals surface area contributed by atoms with Crippen LogP contribution in [0, 0.1) is 12.8 Å². The van der Waals surface area contributed by atoms with Crippen LogP contribution < -0.4 is 10.6 Å². The number of fused-ring (bicyclic) bond motifs is 3. The van der Waals surface area contributed by atoms with E-state index in [2.05, 4.69) is 73.0 Å². The van der Waals surface area contributed by atoms with Crippen molar-refractivity contribution in [2.75, 3.05) is 11.9 Å². The Morgan fingerprint density at radius 3 is 2.93 bits per heavy atom. The van der Waals surface area contributed by atoms with Crippen molar-refractivity contribution in [2.24, 2.45) is 5.92 Å². The lowest BCUT2D eigenvalue weighted by molar-refractivity contribution is 0.0953. The largest absolute Gasteiger partial charge is 0.378 e. The molecule has 0 bridgehead atoms. The third kappa shape index (κ3) is 3.51. The molecule has 0 fully saturated rings. The van der Waals surface area contributed by atoms with Gasteiger partial charge in [0.15, 0.2) is 0 Å². The minimum atomic E-state index is 0.0329. The van der Waals surface area contributed by atoms with Crippen molar-refractivity contribution in [3.63, 3.8) is 0 Å². The van der Waals surface area contributed by atoms with Gasteiger partial charge in [-0.3, -0.25) is 4.79 Å². The first-order valence-electron chi connectivity index (χ1n) is 10.1. The minimum absolute atomic E-state index is 0.0329. The molecule has 3 nitrogen and oxygen atoms in total. The monoisotopic (exact) mass is 360 g/mol. The highest BCUT2D eigenvalue weighted by Crippen LogP contribution is 2.49. The number of nitrogens with one attached hydrogen (secondary N) is 2. The predicted octanol–water partition coefficient (Wildman–Crippen LogP) is 5.35. The number of aryl methyl sites for hydroxylation is 1. The average Bonchev–Trinajstić information content (AvgIpc) is 3.17. The van der Waals surface area contributed by atoms with Gasteiger partial charge in [0.2, 0.25) is 0 Å². The summed E-state index contributed by atoms with van der Waals surface area (Å²) in [4.78, 5) is 12.5. The zero-order valence-corrected chi connectivity index (χ0v) is 16.2. The van der Waals surface area contributed by atoms with E-state index in [0.29, 0.717) is 17.9 Å². The van der Waals surface area contributed by atoms with Crippen LogP contribution in [0.3, 0.4) is 0 Å². The molecule has 0 saturated heterocycles. The molecule has 140 valence electrons. The van der Waals surface area contributed by atoms with E-state index in [1.165, 1.54) is 16.7 Å². The zero-order valence-electron chi connectivity index (χ0n) is 16.2. The maximum absolute atomic E-state index is 12.5. The van der Waals surface area contributed by atoms with Crippen LogP contribution in [0.15, 0.2) is 54.6 Å². The Bertz CT molecular complexity index is 870. The van der Waals surface area contributed by atoms with Gasteiger partial charge in [-0.1, -0.05) is 55.3 Å². The Hall–Kier alpha value is -2.55. The molecule has 1 amide bonds. The summed E-state index contributed by atoms with van der Waals surface area (Å²) in [5, 5.41) is 6.79. The number of hydrogen-bond donors (Lipinski definition) is 2. The third-order valence-corrected chi connectivity index (χ3v) is 5.84. The lowest BCUT2D eigenvalue weighted by atomic mass is 9.76. The molecule has 3 heteroatoms. The first-order valence-corrected chi connectivity index (χ1v) is 10.1. The highest BCUT2D eigenvalue weighted by molar-refractivity contribution is 5.95. The molecule has 1 aliphatic heterocycles. The van der Waals surface area contributed by atoms with Gasteiger partial charge in [0.05, 0.1) is 6.04 Å². The van der Waals surface area contributed by atoms with E-state index >= 15 is 0 Å². The fourth-order valence-electron chi connectivity index (χ4n) is 4.41. The summed E-state index contributed by atoms with van der Waals surface area (Å²) in [6.07, 6.45) is 7.80. The fourth-order valence-corrected chi connectivity index (χ4v) is 4.41. The van der Waals surface area contributed by atoms with Crippen molar-refractivity contribution in [3.8, 4) is 0 Å². The molecule has 3 unspecified atom stereocenters. The van der Waals surface area contributed by atoms with Crippen molar-refractivity contribution < 1.29 is 4.79 Å². The molecule has 2 aromatic carbocycles. The van der Waals surface area contributed by atoms with Crippen LogP contribution in [0.1, 0.15) is 65.2 Å². The molecule has 0 aromatic heterocycles. The van der Waals surface area contributed by atoms with Crippen molar-refractivity contribution >= 4 is 11.6 Å². The van der Waals surface area contributed by atoms with Crippen LogP contribution in [-0.2, 0) is 0 Å². The smallest absolute Gasteiger partial charge is 0.251 e. The number of carbonyl (C=O) groups excluding carboxylic acids is 1. The Balaban J connectivity index is 1.63. The molecule has 0 spiro atoms. The van der Waals surface area contributed by atoms with Gasteiger partial charge in [-0.05, 0) is 55.0 Å². The van der Waals surface area contributed by atoms with Crippen molar-refractivity contribution in [3.05, 3.63) is 76.9 Å². The Labute approximate surface area is 161 Å². The molecule has 2 N–H and O–H groups in total. The highest BCUT2D eigenvalue weighted by Gasteiger charge is 2.38. The minimum Gasteiger partial charge on any atom is -0.378 e. The number of benzene rings is 2. The van der Waals surface area contributed by atoms with E-state index in [0.717, 1.165) is 37.1 Å². The number of rotatable bonds is 5. The van der Waals surface area contributed by atoms with Crippen LogP contribution in [0.25, 0.3) is 0 Å². The van der Waals surface area contributed by atoms with E-state index in [4.69, 9.17) is 0 Å². The van der Waals surface area contributed by atoms with Crippen LogP contribution >= 0.6 is 0 Å². The summed E-state index contributed by atoms with van der Waals surface area (Å²) < 4.78 is 0. The second kappa shape index (κ2) is 7.59. The van der Waals surface area contributed by atoms with Gasteiger partial charge >= 0.3 is 0 Å². The highest BCUT2D eigenvalue weighted by atomic mass is 16.1. The predicted molar refractivity (Wildman–Crippen MR) is 111 cm³/mol. The van der Waals surface area contributed by atoms with E-state index in [1.807, 2.05) is 6.07 Å². The molecule has 3 atom stereocenters. The summed E-state index contributed by atoms with van der Waals surface area (Å²) >= 11 is 0. The van der Waals surface area contributed by atoms with E-state index in [9.17, 15) is 4.79 Å². The molecule has 2 aliphatic rings. The van der Waals surface area contributed by atoms with Gasteiger partial charge in [-0.2, -0.15) is 0 Å².